The third-order valence-corrected chi connectivity index (χ3v) is 4.76. The molecule has 0 saturated carbocycles. The van der Waals surface area contributed by atoms with Crippen LogP contribution < -0.4 is 11.3 Å². The van der Waals surface area contributed by atoms with Gasteiger partial charge in [0, 0.05) is 11.6 Å². The maximum Gasteiger partial charge on any atom is 0.129 e. The first-order chi connectivity index (χ1) is 9.20. The van der Waals surface area contributed by atoms with Gasteiger partial charge < -0.3 is 0 Å². The minimum absolute atomic E-state index is 0.0699. The molecule has 2 rings (SSSR count). The predicted molar refractivity (Wildman–Crippen MR) is 75.8 cm³/mol. The zero-order valence-electron chi connectivity index (χ0n) is 10.9. The molecule has 1 heterocycles. The van der Waals surface area contributed by atoms with Crippen molar-refractivity contribution in [2.75, 3.05) is 11.5 Å². The fraction of sp³-hybridized carbons (Fsp3) is 0.571. The normalized spacial score (nSPS) is 18.5. The van der Waals surface area contributed by atoms with Gasteiger partial charge in [0.2, 0.25) is 0 Å². The molecule has 0 aromatic heterocycles. The number of hydrogen-bond donors (Lipinski definition) is 2. The lowest BCUT2D eigenvalue weighted by atomic mass is 9.91. The molecule has 0 radical (unpaired) electrons. The number of nitrogens with two attached hydrogens (primary N) is 1. The molecule has 2 nitrogen and oxygen atoms in total. The number of thioether (sulfide) groups is 1. The summed E-state index contributed by atoms with van der Waals surface area (Å²) in [4.78, 5) is 0. The van der Waals surface area contributed by atoms with Gasteiger partial charge in [-0.2, -0.15) is 11.8 Å². The Morgan fingerprint density at radius 2 is 1.89 bits per heavy atom. The van der Waals surface area contributed by atoms with Gasteiger partial charge in [-0.3, -0.25) is 11.3 Å². The minimum Gasteiger partial charge on any atom is -0.271 e. The Bertz CT molecular complexity index is 388. The monoisotopic (exact) mass is 286 g/mol. The molecule has 1 unspecified atom stereocenters. The Morgan fingerprint density at radius 1 is 1.26 bits per heavy atom. The molecule has 0 amide bonds. The van der Waals surface area contributed by atoms with E-state index in [4.69, 9.17) is 5.84 Å². The Hall–Kier alpha value is -0.650. The van der Waals surface area contributed by atoms with Crippen molar-refractivity contribution in [1.29, 1.82) is 0 Å². The van der Waals surface area contributed by atoms with Crippen LogP contribution in [0.15, 0.2) is 18.2 Å². The topological polar surface area (TPSA) is 38.0 Å². The summed E-state index contributed by atoms with van der Waals surface area (Å²) in [5.74, 6) is 7.53. The average molecular weight is 286 g/mol. The van der Waals surface area contributed by atoms with Crippen molar-refractivity contribution in [1.82, 2.24) is 5.43 Å². The molecule has 19 heavy (non-hydrogen) atoms. The van der Waals surface area contributed by atoms with Gasteiger partial charge in [0.25, 0.3) is 0 Å². The average Bonchev–Trinajstić information content (AvgIpc) is 2.43. The van der Waals surface area contributed by atoms with Crippen molar-refractivity contribution in [3.8, 4) is 0 Å². The number of nitrogens with one attached hydrogen (secondary N) is 1. The van der Waals surface area contributed by atoms with Gasteiger partial charge in [0.05, 0.1) is 0 Å². The van der Waals surface area contributed by atoms with E-state index in [1.807, 2.05) is 11.8 Å². The van der Waals surface area contributed by atoms with Crippen LogP contribution in [-0.2, 0) is 6.42 Å². The Labute approximate surface area is 117 Å². The molecule has 0 bridgehead atoms. The van der Waals surface area contributed by atoms with E-state index in [1.54, 1.807) is 0 Å². The second-order valence-electron chi connectivity index (χ2n) is 5.06. The number of hydrogen-bond acceptors (Lipinski definition) is 3. The highest BCUT2D eigenvalue weighted by Crippen LogP contribution is 2.27. The molecule has 0 spiro atoms. The summed E-state index contributed by atoms with van der Waals surface area (Å²) in [5.41, 5.74) is 2.85. The van der Waals surface area contributed by atoms with Gasteiger partial charge in [-0.25, -0.2) is 8.78 Å². The zero-order chi connectivity index (χ0) is 13.7. The van der Waals surface area contributed by atoms with E-state index in [2.05, 4.69) is 5.43 Å². The number of hydrazine groups is 1. The second-order valence-corrected chi connectivity index (χ2v) is 6.28. The Balaban J connectivity index is 1.98. The molecule has 1 aromatic carbocycles. The number of rotatable bonds is 5. The lowest BCUT2D eigenvalue weighted by molar-refractivity contribution is 0.360. The van der Waals surface area contributed by atoms with Crippen molar-refractivity contribution in [2.24, 2.45) is 11.8 Å². The summed E-state index contributed by atoms with van der Waals surface area (Å²) in [5, 5.41) is 0. The first-order valence-electron chi connectivity index (χ1n) is 6.67. The number of benzene rings is 1. The van der Waals surface area contributed by atoms with Gasteiger partial charge in [-0.1, -0.05) is 6.07 Å². The molecular weight excluding hydrogens is 266 g/mol. The SMILES string of the molecule is NNC(Cc1c(F)cccc1F)CC1CCSCC1. The van der Waals surface area contributed by atoms with Crippen LogP contribution in [0, 0.1) is 17.6 Å². The molecule has 1 aliphatic heterocycles. The quantitative estimate of drug-likeness (QED) is 0.645. The van der Waals surface area contributed by atoms with Crippen molar-refractivity contribution in [2.45, 2.75) is 31.7 Å². The van der Waals surface area contributed by atoms with Crippen molar-refractivity contribution in [3.05, 3.63) is 35.4 Å². The molecule has 5 heteroatoms. The zero-order valence-corrected chi connectivity index (χ0v) is 11.7. The summed E-state index contributed by atoms with van der Waals surface area (Å²) in [7, 11) is 0. The van der Waals surface area contributed by atoms with Crippen LogP contribution in [-0.4, -0.2) is 17.5 Å². The van der Waals surface area contributed by atoms with Crippen LogP contribution in [0.2, 0.25) is 0 Å². The first kappa shape index (κ1) is 14.8. The van der Waals surface area contributed by atoms with E-state index in [-0.39, 0.29) is 11.6 Å². The maximum absolute atomic E-state index is 13.6. The molecule has 1 atom stereocenters. The summed E-state index contributed by atoms with van der Waals surface area (Å²) < 4.78 is 27.2. The van der Waals surface area contributed by atoms with Crippen LogP contribution in [0.5, 0.6) is 0 Å². The summed E-state index contributed by atoms with van der Waals surface area (Å²) in [6.45, 7) is 0. The fourth-order valence-electron chi connectivity index (χ4n) is 2.57. The molecule has 1 aromatic rings. The largest absolute Gasteiger partial charge is 0.271 e. The van der Waals surface area contributed by atoms with Gasteiger partial charge in [0.1, 0.15) is 11.6 Å². The third kappa shape index (κ3) is 4.16. The van der Waals surface area contributed by atoms with Gasteiger partial charge >= 0.3 is 0 Å². The molecule has 1 saturated heterocycles. The lowest BCUT2D eigenvalue weighted by Crippen LogP contribution is -2.39. The van der Waals surface area contributed by atoms with E-state index in [0.29, 0.717) is 12.3 Å². The van der Waals surface area contributed by atoms with Crippen LogP contribution in [0.1, 0.15) is 24.8 Å². The van der Waals surface area contributed by atoms with E-state index in [9.17, 15) is 8.78 Å². The smallest absolute Gasteiger partial charge is 0.129 e. The maximum atomic E-state index is 13.6. The van der Waals surface area contributed by atoms with Crippen LogP contribution in [0.4, 0.5) is 8.78 Å². The van der Waals surface area contributed by atoms with Crippen molar-refractivity contribution in [3.63, 3.8) is 0 Å². The van der Waals surface area contributed by atoms with E-state index in [1.165, 1.54) is 42.5 Å². The molecular formula is C14H20F2N2S. The predicted octanol–water partition coefficient (Wildman–Crippen LogP) is 2.87. The van der Waals surface area contributed by atoms with Crippen LogP contribution >= 0.6 is 11.8 Å². The van der Waals surface area contributed by atoms with Crippen LogP contribution in [0.3, 0.4) is 0 Å². The highest BCUT2D eigenvalue weighted by molar-refractivity contribution is 7.99. The van der Waals surface area contributed by atoms with E-state index < -0.39 is 11.6 Å². The molecule has 3 N–H and O–H groups in total. The summed E-state index contributed by atoms with van der Waals surface area (Å²) in [6.07, 6.45) is 3.52. The summed E-state index contributed by atoms with van der Waals surface area (Å²) >= 11 is 1.97. The number of halogens is 2. The fourth-order valence-corrected chi connectivity index (χ4v) is 3.77. The lowest BCUT2D eigenvalue weighted by Gasteiger charge is -2.26. The summed E-state index contributed by atoms with van der Waals surface area (Å²) in [6, 6.07) is 3.91. The molecule has 106 valence electrons. The highest BCUT2D eigenvalue weighted by Gasteiger charge is 2.21. The van der Waals surface area contributed by atoms with Gasteiger partial charge in [-0.05, 0) is 55.2 Å². The molecule has 1 fully saturated rings. The van der Waals surface area contributed by atoms with Crippen molar-refractivity contribution >= 4 is 11.8 Å². The Kier molecular flexibility index (Phi) is 5.60. The third-order valence-electron chi connectivity index (χ3n) is 3.71. The van der Waals surface area contributed by atoms with E-state index >= 15 is 0 Å². The van der Waals surface area contributed by atoms with Gasteiger partial charge in [0.15, 0.2) is 0 Å². The highest BCUT2D eigenvalue weighted by atomic mass is 32.2. The van der Waals surface area contributed by atoms with E-state index in [0.717, 1.165) is 6.42 Å². The van der Waals surface area contributed by atoms with Crippen molar-refractivity contribution < 1.29 is 8.78 Å². The molecule has 1 aliphatic rings. The second kappa shape index (κ2) is 7.22. The van der Waals surface area contributed by atoms with Gasteiger partial charge in [-0.15, -0.1) is 0 Å². The molecule has 0 aliphatic carbocycles. The Morgan fingerprint density at radius 3 is 2.47 bits per heavy atom. The standard InChI is InChI=1S/C14H20F2N2S/c15-13-2-1-3-14(16)12(13)9-11(18-17)8-10-4-6-19-7-5-10/h1-3,10-11,18H,4-9,17H2. The first-order valence-corrected chi connectivity index (χ1v) is 7.83. The minimum atomic E-state index is -0.487. The van der Waals surface area contributed by atoms with Crippen LogP contribution in [0.25, 0.3) is 0 Å².